The third-order valence-electron chi connectivity index (χ3n) is 6.45. The normalized spacial score (nSPS) is 15.4. The highest BCUT2D eigenvalue weighted by molar-refractivity contribution is 8.15. The van der Waals surface area contributed by atoms with Crippen molar-refractivity contribution in [2.24, 2.45) is 4.99 Å². The molecule has 1 heterocycles. The monoisotopic (exact) mass is 615 g/mol. The van der Waals surface area contributed by atoms with Gasteiger partial charge in [0, 0.05) is 18.7 Å². The quantitative estimate of drug-likeness (QED) is 0.144. The molecule has 1 saturated heterocycles. The molecule has 0 aliphatic carbocycles. The van der Waals surface area contributed by atoms with Crippen molar-refractivity contribution in [2.45, 2.75) is 24.3 Å². The second-order valence-electron chi connectivity index (χ2n) is 9.25. The van der Waals surface area contributed by atoms with Crippen LogP contribution in [0.25, 0.3) is 0 Å². The second-order valence-corrected chi connectivity index (χ2v) is 10.4. The van der Waals surface area contributed by atoms with Gasteiger partial charge in [0.25, 0.3) is 0 Å². The summed E-state index contributed by atoms with van der Waals surface area (Å²) in [7, 11) is 4.29. The Morgan fingerprint density at radius 1 is 1.00 bits per heavy atom. The minimum atomic E-state index is -4.55. The number of carbonyl (C=O) groups excluding carboxylic acids is 3. The molecule has 0 spiro atoms. The van der Waals surface area contributed by atoms with Gasteiger partial charge in [0.15, 0.2) is 16.7 Å². The summed E-state index contributed by atoms with van der Waals surface area (Å²) in [6, 6.07) is 15.8. The number of benzene rings is 3. The van der Waals surface area contributed by atoms with Gasteiger partial charge in [-0.2, -0.15) is 13.2 Å². The van der Waals surface area contributed by atoms with Gasteiger partial charge >= 0.3 is 12.1 Å². The van der Waals surface area contributed by atoms with E-state index in [2.05, 4.69) is 15.0 Å². The molecule has 226 valence electrons. The Balaban J connectivity index is 1.55. The number of amidine groups is 1. The molecule has 3 aromatic carbocycles. The number of carbonyl (C=O) groups is 3. The van der Waals surface area contributed by atoms with E-state index in [4.69, 9.17) is 9.47 Å². The standard InChI is InChI=1S/C30H28F3N3O6S/c1-40-23-12-7-18(15-24(23)41-2)13-14-34-29(35-21-6-4-5-20(16-21)30(31,32)33)43-25-17-26(37)36(27(25)38)22-10-8-19(9-11-22)28(39)42-3/h4-12,15-16,25H,13-14,17H2,1-3H3,(H,34,35). The molecule has 3 aromatic rings. The van der Waals surface area contributed by atoms with Crippen LogP contribution < -0.4 is 19.7 Å². The number of amides is 2. The van der Waals surface area contributed by atoms with Crippen molar-refractivity contribution in [1.82, 2.24) is 0 Å². The van der Waals surface area contributed by atoms with E-state index in [1.54, 1.807) is 12.1 Å². The largest absolute Gasteiger partial charge is 0.493 e. The molecule has 43 heavy (non-hydrogen) atoms. The summed E-state index contributed by atoms with van der Waals surface area (Å²) >= 11 is 0.958. The molecular weight excluding hydrogens is 587 g/mol. The number of aliphatic imine (C=N–C) groups is 1. The van der Waals surface area contributed by atoms with Gasteiger partial charge in [-0.05, 0) is 66.6 Å². The number of hydrogen-bond acceptors (Lipinski definition) is 8. The molecule has 9 nitrogen and oxygen atoms in total. The SMILES string of the molecule is COC(=O)c1ccc(N2C(=O)CC(SC(=NCCc3ccc(OC)c(OC)c3)Nc3cccc(C(F)(F)F)c3)C2=O)cc1. The molecule has 1 N–H and O–H groups in total. The highest BCUT2D eigenvalue weighted by atomic mass is 32.2. The van der Waals surface area contributed by atoms with Gasteiger partial charge in [0.05, 0.1) is 38.1 Å². The fraction of sp³-hybridized carbons (Fsp3) is 0.267. The molecular formula is C30H28F3N3O6S. The number of hydrogen-bond donors (Lipinski definition) is 1. The lowest BCUT2D eigenvalue weighted by atomic mass is 10.1. The summed E-state index contributed by atoms with van der Waals surface area (Å²) in [6.07, 6.45) is -4.25. The minimum Gasteiger partial charge on any atom is -0.493 e. The molecule has 0 bridgehead atoms. The molecule has 1 aliphatic heterocycles. The van der Waals surface area contributed by atoms with Crippen molar-refractivity contribution < 1.29 is 41.8 Å². The summed E-state index contributed by atoms with van der Waals surface area (Å²) in [5.74, 6) is -0.438. The maximum Gasteiger partial charge on any atom is 0.416 e. The zero-order valence-electron chi connectivity index (χ0n) is 23.4. The molecule has 1 aliphatic rings. The van der Waals surface area contributed by atoms with Crippen LogP contribution in [0.5, 0.6) is 11.5 Å². The summed E-state index contributed by atoms with van der Waals surface area (Å²) in [4.78, 5) is 43.5. The number of ether oxygens (including phenoxy) is 3. The summed E-state index contributed by atoms with van der Waals surface area (Å²) in [5, 5.41) is 2.19. The van der Waals surface area contributed by atoms with E-state index in [0.717, 1.165) is 34.4 Å². The van der Waals surface area contributed by atoms with Crippen molar-refractivity contribution in [3.8, 4) is 11.5 Å². The lowest BCUT2D eigenvalue weighted by Gasteiger charge is -2.17. The fourth-order valence-electron chi connectivity index (χ4n) is 4.29. The predicted octanol–water partition coefficient (Wildman–Crippen LogP) is 5.59. The molecule has 1 fully saturated rings. The zero-order chi connectivity index (χ0) is 31.1. The highest BCUT2D eigenvalue weighted by Crippen LogP contribution is 2.33. The van der Waals surface area contributed by atoms with Crippen LogP contribution in [0.15, 0.2) is 71.7 Å². The first-order valence-electron chi connectivity index (χ1n) is 13.0. The highest BCUT2D eigenvalue weighted by Gasteiger charge is 2.41. The number of nitrogens with one attached hydrogen (secondary N) is 1. The van der Waals surface area contributed by atoms with Crippen molar-refractivity contribution in [3.05, 3.63) is 83.4 Å². The molecule has 0 radical (unpaired) electrons. The molecule has 1 atom stereocenters. The van der Waals surface area contributed by atoms with E-state index >= 15 is 0 Å². The minimum absolute atomic E-state index is 0.124. The van der Waals surface area contributed by atoms with Crippen LogP contribution in [0.1, 0.15) is 27.9 Å². The van der Waals surface area contributed by atoms with E-state index in [9.17, 15) is 27.6 Å². The van der Waals surface area contributed by atoms with Crippen LogP contribution in [-0.4, -0.2) is 56.1 Å². The van der Waals surface area contributed by atoms with E-state index in [1.165, 1.54) is 57.7 Å². The van der Waals surface area contributed by atoms with E-state index in [-0.39, 0.29) is 35.1 Å². The first kappa shape index (κ1) is 31.4. The average molecular weight is 616 g/mol. The lowest BCUT2D eigenvalue weighted by Crippen LogP contribution is -2.31. The predicted molar refractivity (Wildman–Crippen MR) is 157 cm³/mol. The number of anilines is 2. The van der Waals surface area contributed by atoms with Crippen LogP contribution in [0.3, 0.4) is 0 Å². The Kier molecular flexibility index (Phi) is 9.96. The fourth-order valence-corrected chi connectivity index (χ4v) is 5.34. The van der Waals surface area contributed by atoms with Crippen LogP contribution in [0, 0.1) is 0 Å². The number of methoxy groups -OCH3 is 3. The van der Waals surface area contributed by atoms with Gasteiger partial charge in [-0.25, -0.2) is 9.69 Å². The lowest BCUT2D eigenvalue weighted by molar-refractivity contribution is -0.137. The Bertz CT molecular complexity index is 1530. The second kappa shape index (κ2) is 13.6. The van der Waals surface area contributed by atoms with Gasteiger partial charge in [-0.15, -0.1) is 0 Å². The number of imide groups is 1. The number of halogens is 3. The Labute approximate surface area is 250 Å². The molecule has 0 aromatic heterocycles. The Hall–Kier alpha value is -4.52. The van der Waals surface area contributed by atoms with Crippen molar-refractivity contribution in [1.29, 1.82) is 0 Å². The van der Waals surface area contributed by atoms with Gasteiger partial charge < -0.3 is 19.5 Å². The third kappa shape index (κ3) is 7.66. The number of esters is 1. The van der Waals surface area contributed by atoms with Crippen molar-refractivity contribution in [3.63, 3.8) is 0 Å². The van der Waals surface area contributed by atoms with Crippen molar-refractivity contribution >= 4 is 46.1 Å². The summed E-state index contributed by atoms with van der Waals surface area (Å²) in [5.41, 5.74) is 0.688. The topological polar surface area (TPSA) is 107 Å². The van der Waals surface area contributed by atoms with E-state index in [1.807, 2.05) is 6.07 Å². The van der Waals surface area contributed by atoms with Gasteiger partial charge in [0.1, 0.15) is 5.25 Å². The maximum absolute atomic E-state index is 13.3. The zero-order valence-corrected chi connectivity index (χ0v) is 24.3. The number of alkyl halides is 3. The van der Waals surface area contributed by atoms with Gasteiger partial charge in [-0.1, -0.05) is 23.9 Å². The molecule has 4 rings (SSSR count). The van der Waals surface area contributed by atoms with E-state index in [0.29, 0.717) is 17.9 Å². The van der Waals surface area contributed by atoms with Crippen LogP contribution >= 0.6 is 11.8 Å². The van der Waals surface area contributed by atoms with Crippen LogP contribution in [-0.2, 0) is 26.9 Å². The first-order valence-corrected chi connectivity index (χ1v) is 13.8. The smallest absolute Gasteiger partial charge is 0.416 e. The molecule has 2 amide bonds. The Morgan fingerprint density at radius 2 is 1.72 bits per heavy atom. The van der Waals surface area contributed by atoms with E-state index < -0.39 is 34.8 Å². The van der Waals surface area contributed by atoms with Crippen molar-refractivity contribution in [2.75, 3.05) is 38.1 Å². The van der Waals surface area contributed by atoms with Gasteiger partial charge in [-0.3, -0.25) is 14.6 Å². The average Bonchev–Trinajstić information content (AvgIpc) is 3.28. The number of rotatable bonds is 9. The summed E-state index contributed by atoms with van der Waals surface area (Å²) < 4.78 is 55.3. The summed E-state index contributed by atoms with van der Waals surface area (Å²) in [6.45, 7) is 0.220. The van der Waals surface area contributed by atoms with Gasteiger partial charge in [0.2, 0.25) is 11.8 Å². The molecule has 13 heteroatoms. The molecule has 0 saturated carbocycles. The maximum atomic E-state index is 13.3. The number of nitrogens with zero attached hydrogens (tertiary/aromatic N) is 2. The first-order chi connectivity index (χ1) is 20.5. The number of thioether (sulfide) groups is 1. The van der Waals surface area contributed by atoms with Crippen LogP contribution in [0.2, 0.25) is 0 Å². The van der Waals surface area contributed by atoms with Crippen LogP contribution in [0.4, 0.5) is 24.5 Å². The molecule has 1 unspecified atom stereocenters. The Morgan fingerprint density at radius 3 is 2.37 bits per heavy atom. The third-order valence-corrected chi connectivity index (χ3v) is 7.56.